The van der Waals surface area contributed by atoms with Crippen LogP contribution in [-0.2, 0) is 9.59 Å². The molecule has 0 aliphatic heterocycles. The molecule has 0 aromatic rings. The summed E-state index contributed by atoms with van der Waals surface area (Å²) in [7, 11) is 0. The van der Waals surface area contributed by atoms with E-state index in [1.165, 1.54) is 19.1 Å². The number of allylic oxidation sites excluding steroid dienone is 2. The Balaban J connectivity index is 3.23. The number of unbranched alkanes of at least 4 members (excludes halogenated alkanes) is 1. The summed E-state index contributed by atoms with van der Waals surface area (Å²) in [5, 5.41) is 18.6. The van der Waals surface area contributed by atoms with Crippen molar-refractivity contribution in [3.8, 4) is 0 Å². The molecule has 1 aliphatic rings. The van der Waals surface area contributed by atoms with Gasteiger partial charge in [0.25, 0.3) is 0 Å². The summed E-state index contributed by atoms with van der Waals surface area (Å²) in [4.78, 5) is 22.7. The topological polar surface area (TPSA) is 101 Å². The second-order valence-electron chi connectivity index (χ2n) is 4.75. The average molecular weight is 253 g/mol. The molecule has 0 radical (unpaired) electrons. The van der Waals surface area contributed by atoms with Gasteiger partial charge in [-0.1, -0.05) is 19.8 Å². The Bertz CT molecular complexity index is 425. The number of carboxylic acids is 2. The zero-order valence-electron chi connectivity index (χ0n) is 10.6. The van der Waals surface area contributed by atoms with Gasteiger partial charge in [0.05, 0.1) is 0 Å². The van der Waals surface area contributed by atoms with E-state index in [9.17, 15) is 19.8 Å². The predicted octanol–water partition coefficient (Wildman–Crippen LogP) is 1.75. The maximum atomic E-state index is 11.5. The fraction of sp³-hybridized carbons (Fsp3) is 0.538. The van der Waals surface area contributed by atoms with Gasteiger partial charge in [-0.25, -0.2) is 4.79 Å². The molecule has 1 aliphatic carbocycles. The number of aliphatic carboxylic acids is 2. The van der Waals surface area contributed by atoms with Crippen LogP contribution < -0.4 is 5.73 Å². The third-order valence-corrected chi connectivity index (χ3v) is 3.65. The average Bonchev–Trinajstić information content (AvgIpc) is 2.30. The van der Waals surface area contributed by atoms with Gasteiger partial charge < -0.3 is 15.9 Å². The number of hydrogen-bond donors (Lipinski definition) is 3. The van der Waals surface area contributed by atoms with Crippen molar-refractivity contribution in [1.29, 1.82) is 0 Å². The molecule has 0 heterocycles. The lowest BCUT2D eigenvalue weighted by Crippen LogP contribution is -2.44. The van der Waals surface area contributed by atoms with Crippen molar-refractivity contribution in [3.63, 3.8) is 0 Å². The highest BCUT2D eigenvalue weighted by Gasteiger charge is 2.48. The molecule has 4 N–H and O–H groups in total. The highest BCUT2D eigenvalue weighted by molar-refractivity contribution is 5.91. The van der Waals surface area contributed by atoms with Crippen LogP contribution in [0.3, 0.4) is 0 Å². The molecule has 5 heteroatoms. The summed E-state index contributed by atoms with van der Waals surface area (Å²) in [6, 6.07) is 0. The van der Waals surface area contributed by atoms with Crippen LogP contribution in [0.25, 0.3) is 0 Å². The largest absolute Gasteiger partial charge is 0.481 e. The Morgan fingerprint density at radius 1 is 1.39 bits per heavy atom. The third kappa shape index (κ3) is 2.25. The zero-order valence-corrected chi connectivity index (χ0v) is 10.6. The second-order valence-corrected chi connectivity index (χ2v) is 4.75. The first-order chi connectivity index (χ1) is 8.35. The molecule has 0 saturated heterocycles. The van der Waals surface area contributed by atoms with Gasteiger partial charge >= 0.3 is 11.9 Å². The van der Waals surface area contributed by atoms with Gasteiger partial charge in [0.1, 0.15) is 5.41 Å². The molecule has 2 atom stereocenters. The first-order valence-electron chi connectivity index (χ1n) is 6.00. The molecule has 100 valence electrons. The SMILES string of the molecule is CCCCC1C(C(=O)O)=CC=C(N)C1(C)C(=O)O. The maximum absolute atomic E-state index is 11.5. The summed E-state index contributed by atoms with van der Waals surface area (Å²) < 4.78 is 0. The van der Waals surface area contributed by atoms with E-state index in [1.54, 1.807) is 0 Å². The van der Waals surface area contributed by atoms with Crippen molar-refractivity contribution in [1.82, 2.24) is 0 Å². The van der Waals surface area contributed by atoms with Crippen molar-refractivity contribution in [3.05, 3.63) is 23.4 Å². The third-order valence-electron chi connectivity index (χ3n) is 3.65. The fourth-order valence-corrected chi connectivity index (χ4v) is 2.33. The molecule has 0 spiro atoms. The zero-order chi connectivity index (χ0) is 13.9. The molecular weight excluding hydrogens is 234 g/mol. The number of rotatable bonds is 5. The van der Waals surface area contributed by atoms with E-state index in [-0.39, 0.29) is 11.3 Å². The molecular formula is C13H19NO4. The molecule has 5 nitrogen and oxygen atoms in total. The van der Waals surface area contributed by atoms with Crippen LogP contribution in [0.4, 0.5) is 0 Å². The summed E-state index contributed by atoms with van der Waals surface area (Å²) >= 11 is 0. The smallest absolute Gasteiger partial charge is 0.331 e. The number of nitrogens with two attached hydrogens (primary N) is 1. The van der Waals surface area contributed by atoms with Gasteiger partial charge in [-0.15, -0.1) is 0 Å². The Morgan fingerprint density at radius 2 is 2.00 bits per heavy atom. The fourth-order valence-electron chi connectivity index (χ4n) is 2.33. The van der Waals surface area contributed by atoms with Crippen LogP contribution in [0.5, 0.6) is 0 Å². The van der Waals surface area contributed by atoms with E-state index in [1.807, 2.05) is 6.92 Å². The Kier molecular flexibility index (Phi) is 4.16. The van der Waals surface area contributed by atoms with Gasteiger partial charge in [-0.3, -0.25) is 4.79 Å². The molecule has 0 fully saturated rings. The summed E-state index contributed by atoms with van der Waals surface area (Å²) in [6.45, 7) is 3.47. The monoisotopic (exact) mass is 253 g/mol. The quantitative estimate of drug-likeness (QED) is 0.693. The lowest BCUT2D eigenvalue weighted by molar-refractivity contribution is -0.148. The van der Waals surface area contributed by atoms with Crippen molar-refractivity contribution in [2.24, 2.45) is 17.1 Å². The van der Waals surface area contributed by atoms with Gasteiger partial charge in [0.15, 0.2) is 0 Å². The molecule has 18 heavy (non-hydrogen) atoms. The normalized spacial score (nSPS) is 27.3. The van der Waals surface area contributed by atoms with E-state index >= 15 is 0 Å². The van der Waals surface area contributed by atoms with Gasteiger partial charge in [-0.05, 0) is 25.5 Å². The lowest BCUT2D eigenvalue weighted by atomic mass is 9.66. The van der Waals surface area contributed by atoms with Crippen molar-refractivity contribution in [2.45, 2.75) is 33.1 Å². The van der Waals surface area contributed by atoms with Crippen LogP contribution in [0.1, 0.15) is 33.1 Å². The van der Waals surface area contributed by atoms with Gasteiger partial charge in [0, 0.05) is 17.2 Å². The highest BCUT2D eigenvalue weighted by Crippen LogP contribution is 2.43. The van der Waals surface area contributed by atoms with E-state index in [4.69, 9.17) is 5.73 Å². The summed E-state index contributed by atoms with van der Waals surface area (Å²) in [5.41, 5.74) is 4.78. The van der Waals surface area contributed by atoms with Crippen molar-refractivity contribution in [2.75, 3.05) is 0 Å². The van der Waals surface area contributed by atoms with Crippen molar-refractivity contribution < 1.29 is 19.8 Å². The molecule has 0 saturated carbocycles. The van der Waals surface area contributed by atoms with Crippen LogP contribution >= 0.6 is 0 Å². The maximum Gasteiger partial charge on any atom is 0.331 e. The molecule has 0 aromatic carbocycles. The van der Waals surface area contributed by atoms with E-state index < -0.39 is 23.3 Å². The molecule has 0 bridgehead atoms. The highest BCUT2D eigenvalue weighted by atomic mass is 16.4. The second kappa shape index (κ2) is 5.25. The minimum Gasteiger partial charge on any atom is -0.481 e. The van der Waals surface area contributed by atoms with Crippen LogP contribution in [0, 0.1) is 11.3 Å². The first kappa shape index (κ1) is 14.3. The standard InChI is InChI=1S/C13H19NO4/c1-3-4-5-9-8(11(15)16)6-7-10(14)13(9,2)12(17)18/h6-7,9H,3-5,14H2,1-2H3,(H,15,16)(H,17,18). The first-order valence-corrected chi connectivity index (χ1v) is 6.00. The minimum absolute atomic E-state index is 0.127. The van der Waals surface area contributed by atoms with Crippen LogP contribution in [0.2, 0.25) is 0 Å². The number of carbonyl (C=O) groups is 2. The van der Waals surface area contributed by atoms with Crippen molar-refractivity contribution >= 4 is 11.9 Å². The molecule has 2 unspecified atom stereocenters. The minimum atomic E-state index is -1.34. The van der Waals surface area contributed by atoms with Crippen LogP contribution in [0.15, 0.2) is 23.4 Å². The Labute approximate surface area is 106 Å². The number of hydrogen-bond acceptors (Lipinski definition) is 3. The summed E-state index contributed by atoms with van der Waals surface area (Å²) in [5.74, 6) is -2.74. The van der Waals surface area contributed by atoms with E-state index in [0.29, 0.717) is 6.42 Å². The molecule has 0 amide bonds. The molecule has 1 rings (SSSR count). The van der Waals surface area contributed by atoms with Gasteiger partial charge in [0.2, 0.25) is 0 Å². The lowest BCUT2D eigenvalue weighted by Gasteiger charge is -2.37. The van der Waals surface area contributed by atoms with Gasteiger partial charge in [-0.2, -0.15) is 0 Å². The Hall–Kier alpha value is -1.78. The van der Waals surface area contributed by atoms with E-state index in [0.717, 1.165) is 12.8 Å². The van der Waals surface area contributed by atoms with E-state index in [2.05, 4.69) is 0 Å². The predicted molar refractivity (Wildman–Crippen MR) is 66.7 cm³/mol. The van der Waals surface area contributed by atoms with Crippen LogP contribution in [-0.4, -0.2) is 22.2 Å². The summed E-state index contributed by atoms with van der Waals surface area (Å²) in [6.07, 6.45) is 4.96. The Morgan fingerprint density at radius 3 is 2.44 bits per heavy atom. The number of carboxylic acid groups (broad SMARTS) is 2. The molecule has 0 aromatic heterocycles.